The molecule has 6 nitrogen and oxygen atoms in total. The minimum atomic E-state index is -0.530. The number of aryl methyl sites for hydroxylation is 2. The molecule has 3 aromatic rings. The minimum Gasteiger partial charge on any atom is -0.494 e. The van der Waals surface area contributed by atoms with E-state index >= 15 is 0 Å². The van der Waals surface area contributed by atoms with Crippen molar-refractivity contribution in [2.24, 2.45) is 5.10 Å². The molecule has 0 radical (unpaired) electrons. The highest BCUT2D eigenvalue weighted by Gasteiger charge is 2.10. The maximum absolute atomic E-state index is 12.2. The van der Waals surface area contributed by atoms with Gasteiger partial charge < -0.3 is 9.30 Å². The topological polar surface area (TPSA) is 72.7 Å². The Hall–Kier alpha value is -3.67. The van der Waals surface area contributed by atoms with Gasteiger partial charge in [-0.3, -0.25) is 9.59 Å². The molecule has 2 aromatic carbocycles. The van der Waals surface area contributed by atoms with E-state index in [4.69, 9.17) is 4.74 Å². The number of ether oxygens (including phenoxy) is 1. The number of hydrogen-bond acceptors (Lipinski definition) is 4. The molecule has 0 saturated heterocycles. The average Bonchev–Trinajstić information content (AvgIpc) is 2.78. The number of nitrogens with one attached hydrogen (secondary N) is 1. The summed E-state index contributed by atoms with van der Waals surface area (Å²) in [5.74, 6) is 0.256. The highest BCUT2D eigenvalue weighted by atomic mass is 16.5. The third-order valence-electron chi connectivity index (χ3n) is 4.59. The molecule has 1 N–H and O–H groups in total. The van der Waals surface area contributed by atoms with E-state index in [1.54, 1.807) is 12.3 Å². The monoisotopic (exact) mass is 403 g/mol. The predicted molar refractivity (Wildman–Crippen MR) is 118 cm³/mol. The standard InChI is InChI=1S/C24H25N3O3/c1-2-27-16-6-11-22(24(27)29)23(28)26-25-18-20-12-14-21(15-13-20)30-17-7-10-19-8-4-3-5-9-19/h3-6,8-9,11-16,18H,2,7,10,17H2,1H3,(H,26,28)/b25-18-. The van der Waals surface area contributed by atoms with Crippen molar-refractivity contribution < 1.29 is 9.53 Å². The second kappa shape index (κ2) is 10.8. The van der Waals surface area contributed by atoms with Gasteiger partial charge in [0.15, 0.2) is 0 Å². The number of nitrogens with zero attached hydrogens (tertiary/aromatic N) is 2. The van der Waals surface area contributed by atoms with E-state index in [9.17, 15) is 9.59 Å². The van der Waals surface area contributed by atoms with Crippen LogP contribution in [0.15, 0.2) is 82.8 Å². The van der Waals surface area contributed by atoms with Crippen LogP contribution in [-0.2, 0) is 13.0 Å². The van der Waals surface area contributed by atoms with E-state index in [0.717, 1.165) is 24.2 Å². The summed E-state index contributed by atoms with van der Waals surface area (Å²) in [7, 11) is 0. The van der Waals surface area contributed by atoms with Crippen molar-refractivity contribution in [3.05, 3.63) is 100.0 Å². The smallest absolute Gasteiger partial charge is 0.276 e. The van der Waals surface area contributed by atoms with E-state index in [0.29, 0.717) is 13.2 Å². The lowest BCUT2D eigenvalue weighted by Gasteiger charge is -2.06. The maximum atomic E-state index is 12.2. The molecule has 1 amide bonds. The summed E-state index contributed by atoms with van der Waals surface area (Å²) >= 11 is 0. The molecule has 6 heteroatoms. The van der Waals surface area contributed by atoms with Gasteiger partial charge in [0, 0.05) is 12.7 Å². The van der Waals surface area contributed by atoms with Gasteiger partial charge in [-0.25, -0.2) is 5.43 Å². The molecule has 0 atom stereocenters. The maximum Gasteiger partial charge on any atom is 0.276 e. The third kappa shape index (κ3) is 5.91. The summed E-state index contributed by atoms with van der Waals surface area (Å²) in [6.07, 6.45) is 5.10. The fourth-order valence-corrected chi connectivity index (χ4v) is 2.95. The van der Waals surface area contributed by atoms with Crippen LogP contribution in [-0.4, -0.2) is 23.3 Å². The van der Waals surface area contributed by atoms with Crippen molar-refractivity contribution >= 4 is 12.1 Å². The Morgan fingerprint density at radius 2 is 1.83 bits per heavy atom. The van der Waals surface area contributed by atoms with Crippen LogP contribution >= 0.6 is 0 Å². The van der Waals surface area contributed by atoms with Gasteiger partial charge >= 0.3 is 0 Å². The fourth-order valence-electron chi connectivity index (χ4n) is 2.95. The quantitative estimate of drug-likeness (QED) is 0.337. The first kappa shape index (κ1) is 21.0. The molecule has 0 aliphatic rings. The molecule has 0 bridgehead atoms. The molecular formula is C24H25N3O3. The highest BCUT2D eigenvalue weighted by Crippen LogP contribution is 2.12. The molecule has 0 aliphatic carbocycles. The summed E-state index contributed by atoms with van der Waals surface area (Å²) in [5, 5.41) is 3.94. The van der Waals surface area contributed by atoms with Crippen LogP contribution < -0.4 is 15.7 Å². The zero-order valence-corrected chi connectivity index (χ0v) is 17.0. The molecule has 30 heavy (non-hydrogen) atoms. The molecule has 1 aromatic heterocycles. The van der Waals surface area contributed by atoms with Crippen LogP contribution in [0.5, 0.6) is 5.75 Å². The number of rotatable bonds is 9. The number of pyridine rings is 1. The van der Waals surface area contributed by atoms with E-state index in [2.05, 4.69) is 22.7 Å². The number of hydrazone groups is 1. The lowest BCUT2D eigenvalue weighted by molar-refractivity contribution is 0.0953. The second-order valence-electron chi connectivity index (χ2n) is 6.72. The fraction of sp³-hybridized carbons (Fsp3) is 0.208. The third-order valence-corrected chi connectivity index (χ3v) is 4.59. The number of amides is 1. The number of carbonyl (C=O) groups excluding carboxylic acids is 1. The summed E-state index contributed by atoms with van der Waals surface area (Å²) in [4.78, 5) is 24.3. The van der Waals surface area contributed by atoms with E-state index in [1.165, 1.54) is 22.4 Å². The minimum absolute atomic E-state index is 0.0655. The summed E-state index contributed by atoms with van der Waals surface area (Å²) in [6, 6.07) is 20.9. The van der Waals surface area contributed by atoms with Crippen molar-refractivity contribution in [1.29, 1.82) is 0 Å². The van der Waals surface area contributed by atoms with Gasteiger partial charge in [-0.15, -0.1) is 0 Å². The summed E-state index contributed by atoms with van der Waals surface area (Å²) in [6.45, 7) is 2.99. The van der Waals surface area contributed by atoms with Gasteiger partial charge in [0.2, 0.25) is 0 Å². The van der Waals surface area contributed by atoms with Crippen LogP contribution in [0.4, 0.5) is 0 Å². The first-order chi connectivity index (χ1) is 14.7. The highest BCUT2D eigenvalue weighted by molar-refractivity contribution is 5.94. The molecule has 154 valence electrons. The van der Waals surface area contributed by atoms with E-state index in [1.807, 2.05) is 49.4 Å². The van der Waals surface area contributed by atoms with Crippen LogP contribution in [0.25, 0.3) is 0 Å². The lowest BCUT2D eigenvalue weighted by Crippen LogP contribution is -2.30. The number of benzene rings is 2. The van der Waals surface area contributed by atoms with Crippen LogP contribution in [0.2, 0.25) is 0 Å². The number of carbonyl (C=O) groups is 1. The Labute approximate surface area is 175 Å². The van der Waals surface area contributed by atoms with E-state index in [-0.39, 0.29) is 11.1 Å². The number of aromatic nitrogens is 1. The molecule has 0 aliphatic heterocycles. The molecule has 1 heterocycles. The van der Waals surface area contributed by atoms with Gasteiger partial charge in [-0.2, -0.15) is 5.10 Å². The van der Waals surface area contributed by atoms with Gasteiger partial charge in [0.25, 0.3) is 11.5 Å². The Morgan fingerprint density at radius 3 is 2.57 bits per heavy atom. The van der Waals surface area contributed by atoms with Gasteiger partial charge in [-0.05, 0) is 67.3 Å². The van der Waals surface area contributed by atoms with Crippen LogP contribution in [0, 0.1) is 0 Å². The van der Waals surface area contributed by atoms with Crippen molar-refractivity contribution in [3.63, 3.8) is 0 Å². The Bertz CT molecular complexity index is 1040. The molecule has 3 rings (SSSR count). The summed E-state index contributed by atoms with van der Waals surface area (Å²) in [5.41, 5.74) is 4.25. The first-order valence-electron chi connectivity index (χ1n) is 9.97. The zero-order valence-electron chi connectivity index (χ0n) is 17.0. The number of hydrogen-bond donors (Lipinski definition) is 1. The van der Waals surface area contributed by atoms with Crippen LogP contribution in [0.3, 0.4) is 0 Å². The molecule has 0 unspecified atom stereocenters. The lowest BCUT2D eigenvalue weighted by atomic mass is 10.1. The van der Waals surface area contributed by atoms with E-state index < -0.39 is 5.91 Å². The van der Waals surface area contributed by atoms with Gasteiger partial charge in [0.1, 0.15) is 11.3 Å². The van der Waals surface area contributed by atoms with Crippen molar-refractivity contribution in [2.75, 3.05) is 6.61 Å². The Morgan fingerprint density at radius 1 is 1.07 bits per heavy atom. The SMILES string of the molecule is CCn1cccc(C(=O)N/N=C\c2ccc(OCCCc3ccccc3)cc2)c1=O. The largest absolute Gasteiger partial charge is 0.494 e. The second-order valence-corrected chi connectivity index (χ2v) is 6.72. The Balaban J connectivity index is 1.46. The molecule has 0 saturated carbocycles. The van der Waals surface area contributed by atoms with Crippen LogP contribution in [0.1, 0.15) is 34.8 Å². The van der Waals surface area contributed by atoms with Crippen molar-refractivity contribution in [1.82, 2.24) is 9.99 Å². The van der Waals surface area contributed by atoms with Gasteiger partial charge in [0.05, 0.1) is 12.8 Å². The normalized spacial score (nSPS) is 10.8. The predicted octanol–water partition coefficient (Wildman–Crippen LogP) is 3.64. The summed E-state index contributed by atoms with van der Waals surface area (Å²) < 4.78 is 7.24. The van der Waals surface area contributed by atoms with Gasteiger partial charge in [-0.1, -0.05) is 30.3 Å². The molecule has 0 fully saturated rings. The molecular weight excluding hydrogens is 378 g/mol. The zero-order chi connectivity index (χ0) is 21.2. The van der Waals surface area contributed by atoms with Crippen molar-refractivity contribution in [2.45, 2.75) is 26.3 Å². The molecule has 0 spiro atoms. The van der Waals surface area contributed by atoms with Crippen molar-refractivity contribution in [3.8, 4) is 5.75 Å². The Kier molecular flexibility index (Phi) is 7.55. The average molecular weight is 403 g/mol. The first-order valence-corrected chi connectivity index (χ1v) is 9.97.